The highest BCUT2D eigenvalue weighted by atomic mass is 32.1. The van der Waals surface area contributed by atoms with Crippen LogP contribution in [-0.2, 0) is 13.0 Å². The zero-order valence-electron chi connectivity index (χ0n) is 12.0. The number of benzene rings is 1. The molecule has 21 heavy (non-hydrogen) atoms. The largest absolute Gasteiger partial charge is 0.421 e. The lowest BCUT2D eigenvalue weighted by Gasteiger charge is -2.08. The molecule has 0 amide bonds. The third-order valence-corrected chi connectivity index (χ3v) is 4.18. The average Bonchev–Trinajstić information content (AvgIpc) is 3.14. The molecule has 1 aromatic carbocycles. The van der Waals surface area contributed by atoms with Gasteiger partial charge in [0.2, 0.25) is 11.8 Å². The smallest absolute Gasteiger partial charge is 0.249 e. The van der Waals surface area contributed by atoms with E-state index in [1.165, 1.54) is 4.88 Å². The molecule has 3 rings (SSSR count). The first-order valence-corrected chi connectivity index (χ1v) is 7.65. The fourth-order valence-corrected chi connectivity index (χ4v) is 2.81. The number of anilines is 1. The van der Waals surface area contributed by atoms with E-state index in [-0.39, 0.29) is 0 Å². The Morgan fingerprint density at radius 2 is 2.10 bits per heavy atom. The molecule has 0 spiro atoms. The number of hydrogen-bond acceptors (Lipinski definition) is 6. The maximum Gasteiger partial charge on any atom is 0.249 e. The molecule has 2 aromatic heterocycles. The van der Waals surface area contributed by atoms with Crippen LogP contribution < -0.4 is 5.32 Å². The molecule has 0 aliphatic carbocycles. The van der Waals surface area contributed by atoms with E-state index in [2.05, 4.69) is 27.4 Å². The quantitative estimate of drug-likeness (QED) is 0.778. The Morgan fingerprint density at radius 1 is 1.24 bits per heavy atom. The van der Waals surface area contributed by atoms with Gasteiger partial charge in [0, 0.05) is 23.7 Å². The van der Waals surface area contributed by atoms with Gasteiger partial charge in [-0.25, -0.2) is 4.98 Å². The van der Waals surface area contributed by atoms with Crippen molar-refractivity contribution < 1.29 is 4.42 Å². The summed E-state index contributed by atoms with van der Waals surface area (Å²) in [4.78, 5) is 5.58. The fourth-order valence-electron chi connectivity index (χ4n) is 2.00. The molecule has 0 bridgehead atoms. The standard InChI is InChI=1S/C15H16N4OS/c1-3-14-17-9-11(21-14)8-16-13-7-5-4-6-12(13)15-19-18-10(2)20-15/h4-7,9,16H,3,8H2,1-2H3. The van der Waals surface area contributed by atoms with Crippen LogP contribution in [0.4, 0.5) is 5.69 Å². The van der Waals surface area contributed by atoms with Gasteiger partial charge >= 0.3 is 0 Å². The summed E-state index contributed by atoms with van der Waals surface area (Å²) in [5.74, 6) is 1.10. The first kappa shape index (κ1) is 13.8. The third-order valence-electron chi connectivity index (χ3n) is 3.04. The number of aryl methyl sites for hydroxylation is 2. The number of aromatic nitrogens is 3. The highest BCUT2D eigenvalue weighted by Crippen LogP contribution is 2.27. The van der Waals surface area contributed by atoms with Crippen molar-refractivity contribution in [2.45, 2.75) is 26.8 Å². The van der Waals surface area contributed by atoms with E-state index in [4.69, 9.17) is 4.42 Å². The molecular weight excluding hydrogens is 284 g/mol. The van der Waals surface area contributed by atoms with Crippen molar-refractivity contribution in [1.82, 2.24) is 15.2 Å². The van der Waals surface area contributed by atoms with Crippen molar-refractivity contribution >= 4 is 17.0 Å². The Bertz CT molecular complexity index is 735. The van der Waals surface area contributed by atoms with Crippen molar-refractivity contribution in [3.63, 3.8) is 0 Å². The van der Waals surface area contributed by atoms with Gasteiger partial charge in [-0.15, -0.1) is 21.5 Å². The Kier molecular flexibility index (Phi) is 3.96. The lowest BCUT2D eigenvalue weighted by molar-refractivity contribution is 0.533. The van der Waals surface area contributed by atoms with E-state index in [1.807, 2.05) is 30.5 Å². The van der Waals surface area contributed by atoms with E-state index in [0.717, 1.165) is 29.2 Å². The topological polar surface area (TPSA) is 63.8 Å². The number of para-hydroxylation sites is 1. The number of thiazole rings is 1. The number of rotatable bonds is 5. The van der Waals surface area contributed by atoms with Gasteiger partial charge in [-0.3, -0.25) is 0 Å². The minimum absolute atomic E-state index is 0.536. The van der Waals surface area contributed by atoms with Crippen LogP contribution in [0.25, 0.3) is 11.5 Å². The molecule has 0 saturated heterocycles. The van der Waals surface area contributed by atoms with E-state index < -0.39 is 0 Å². The van der Waals surface area contributed by atoms with Crippen molar-refractivity contribution in [3.05, 3.63) is 46.2 Å². The Labute approximate surface area is 127 Å². The van der Waals surface area contributed by atoms with Crippen molar-refractivity contribution in [3.8, 4) is 11.5 Å². The highest BCUT2D eigenvalue weighted by molar-refractivity contribution is 7.11. The molecule has 5 nitrogen and oxygen atoms in total. The first-order chi connectivity index (χ1) is 10.3. The second-order valence-electron chi connectivity index (χ2n) is 4.60. The second-order valence-corrected chi connectivity index (χ2v) is 5.80. The molecule has 0 aliphatic heterocycles. The predicted molar refractivity (Wildman–Crippen MR) is 83.3 cm³/mol. The van der Waals surface area contributed by atoms with Crippen LogP contribution in [0.5, 0.6) is 0 Å². The summed E-state index contributed by atoms with van der Waals surface area (Å²) in [7, 11) is 0. The predicted octanol–water partition coefficient (Wildman–Crippen LogP) is 3.68. The van der Waals surface area contributed by atoms with Crippen LogP contribution in [0.3, 0.4) is 0 Å². The number of nitrogens with zero attached hydrogens (tertiary/aromatic N) is 3. The summed E-state index contributed by atoms with van der Waals surface area (Å²) >= 11 is 1.73. The van der Waals surface area contributed by atoms with Crippen LogP contribution in [-0.4, -0.2) is 15.2 Å². The van der Waals surface area contributed by atoms with Gasteiger partial charge in [0.15, 0.2) is 0 Å². The van der Waals surface area contributed by atoms with Gasteiger partial charge in [-0.1, -0.05) is 19.1 Å². The number of nitrogens with one attached hydrogen (secondary N) is 1. The minimum atomic E-state index is 0.536. The molecule has 108 valence electrons. The lowest BCUT2D eigenvalue weighted by atomic mass is 10.2. The molecule has 0 atom stereocenters. The van der Waals surface area contributed by atoms with E-state index in [1.54, 1.807) is 18.3 Å². The molecule has 3 aromatic rings. The Balaban J connectivity index is 1.79. The molecule has 6 heteroatoms. The van der Waals surface area contributed by atoms with E-state index in [0.29, 0.717) is 11.8 Å². The Morgan fingerprint density at radius 3 is 2.81 bits per heavy atom. The third kappa shape index (κ3) is 3.11. The summed E-state index contributed by atoms with van der Waals surface area (Å²) in [5.41, 5.74) is 1.89. The molecular formula is C15H16N4OS. The summed E-state index contributed by atoms with van der Waals surface area (Å²) in [6.07, 6.45) is 2.90. The van der Waals surface area contributed by atoms with Crippen molar-refractivity contribution in [2.24, 2.45) is 0 Å². The fraction of sp³-hybridized carbons (Fsp3) is 0.267. The molecule has 2 heterocycles. The van der Waals surface area contributed by atoms with Gasteiger partial charge in [0.1, 0.15) is 0 Å². The second kappa shape index (κ2) is 6.05. The van der Waals surface area contributed by atoms with Crippen LogP contribution in [0.2, 0.25) is 0 Å². The van der Waals surface area contributed by atoms with E-state index in [9.17, 15) is 0 Å². The zero-order chi connectivity index (χ0) is 14.7. The number of hydrogen-bond donors (Lipinski definition) is 1. The molecule has 1 N–H and O–H groups in total. The normalized spacial score (nSPS) is 10.8. The van der Waals surface area contributed by atoms with Gasteiger partial charge in [-0.2, -0.15) is 0 Å². The summed E-state index contributed by atoms with van der Waals surface area (Å²) in [5, 5.41) is 12.5. The average molecular weight is 300 g/mol. The van der Waals surface area contributed by atoms with E-state index >= 15 is 0 Å². The van der Waals surface area contributed by atoms with Crippen LogP contribution >= 0.6 is 11.3 Å². The molecule has 0 radical (unpaired) electrons. The van der Waals surface area contributed by atoms with Gasteiger partial charge in [-0.05, 0) is 18.6 Å². The van der Waals surface area contributed by atoms with Crippen LogP contribution in [0.15, 0.2) is 34.9 Å². The highest BCUT2D eigenvalue weighted by Gasteiger charge is 2.11. The maximum atomic E-state index is 5.51. The first-order valence-electron chi connectivity index (χ1n) is 6.83. The molecule has 0 fully saturated rings. The molecule has 0 aliphatic rings. The zero-order valence-corrected chi connectivity index (χ0v) is 12.8. The monoisotopic (exact) mass is 300 g/mol. The van der Waals surface area contributed by atoms with Crippen molar-refractivity contribution in [1.29, 1.82) is 0 Å². The summed E-state index contributed by atoms with van der Waals surface area (Å²) < 4.78 is 5.51. The summed E-state index contributed by atoms with van der Waals surface area (Å²) in [6, 6.07) is 7.93. The lowest BCUT2D eigenvalue weighted by Crippen LogP contribution is -1.99. The van der Waals surface area contributed by atoms with Gasteiger partial charge in [0.05, 0.1) is 17.1 Å². The molecule has 0 unspecified atom stereocenters. The Hall–Kier alpha value is -2.21. The minimum Gasteiger partial charge on any atom is -0.421 e. The summed E-state index contributed by atoms with van der Waals surface area (Å²) in [6.45, 7) is 4.64. The maximum absolute atomic E-state index is 5.51. The van der Waals surface area contributed by atoms with Gasteiger partial charge < -0.3 is 9.73 Å². The molecule has 0 saturated carbocycles. The van der Waals surface area contributed by atoms with Crippen LogP contribution in [0.1, 0.15) is 22.7 Å². The SMILES string of the molecule is CCc1ncc(CNc2ccccc2-c2nnc(C)o2)s1. The van der Waals surface area contributed by atoms with Gasteiger partial charge in [0.25, 0.3) is 0 Å². The van der Waals surface area contributed by atoms with Crippen molar-refractivity contribution in [2.75, 3.05) is 5.32 Å². The van der Waals surface area contributed by atoms with Crippen LogP contribution in [0, 0.1) is 6.92 Å².